The van der Waals surface area contributed by atoms with Crippen molar-refractivity contribution in [3.05, 3.63) is 0 Å². The van der Waals surface area contributed by atoms with Crippen molar-refractivity contribution in [3.8, 4) is 0 Å². The minimum atomic E-state index is -2.33. The summed E-state index contributed by atoms with van der Waals surface area (Å²) >= 11 is 0. The van der Waals surface area contributed by atoms with Gasteiger partial charge in [0.2, 0.25) is 0 Å². The molecule has 0 aromatic rings. The van der Waals surface area contributed by atoms with Crippen LogP contribution in [0.1, 0.15) is 0 Å². The van der Waals surface area contributed by atoms with E-state index in [0.29, 0.717) is 0 Å². The summed E-state index contributed by atoms with van der Waals surface area (Å²) in [5.41, 5.74) is 0. The van der Waals surface area contributed by atoms with Crippen LogP contribution in [0.15, 0.2) is 0 Å². The Kier molecular flexibility index (Phi) is 42.4. The summed E-state index contributed by atoms with van der Waals surface area (Å²) in [4.78, 5) is 25.0. The van der Waals surface area contributed by atoms with Crippen molar-refractivity contribution >= 4 is 18.5 Å². The molecule has 0 bridgehead atoms. The maximum Gasteiger partial charge on any atom is 3.00 e. The van der Waals surface area contributed by atoms with E-state index < -0.39 is 50.0 Å². The summed E-state index contributed by atoms with van der Waals surface area (Å²) < 4.78 is 0. The maximum atomic E-state index is 8.77. The molecule has 0 fully saturated rings. The van der Waals surface area contributed by atoms with E-state index in [1.807, 2.05) is 0 Å². The van der Waals surface area contributed by atoms with Gasteiger partial charge >= 0.3 is 34.1 Å². The zero-order valence-corrected chi connectivity index (χ0v) is 13.5. The summed E-state index contributed by atoms with van der Waals surface area (Å²) in [6.45, 7) is -1.28. The molecule has 0 spiro atoms. The molecular weight excluding hydrogens is 432 g/mol. The second-order valence-electron chi connectivity index (χ2n) is 2.74. The Bertz CT molecular complexity index is 250. The Morgan fingerprint density at radius 1 is 0.625 bits per heavy atom. The standard InChI is InChI=1S/C5H12O5.3CH2O3.2Fe/c6-1-3(8)5(10)4(9)2-7;3*2-1(3)4;;/h3-10H,1-2H2;3*(H2,2,3,4);;/q;;;;2*+3/p-6/t3-,4+,5+;;;;;. The Labute approximate surface area is 155 Å². The van der Waals surface area contributed by atoms with Gasteiger partial charge in [0, 0.05) is 0 Å². The minimum absolute atomic E-state index is 0. The van der Waals surface area contributed by atoms with E-state index >= 15 is 0 Å². The number of aliphatic hydroxyl groups is 5. The third kappa shape index (κ3) is 70.3. The van der Waals surface area contributed by atoms with Crippen LogP contribution < -0.4 is 30.6 Å². The van der Waals surface area contributed by atoms with Gasteiger partial charge in [0.15, 0.2) is 0 Å². The van der Waals surface area contributed by atoms with Gasteiger partial charge in [0.1, 0.15) is 18.3 Å². The third-order valence-corrected chi connectivity index (χ3v) is 1.16. The van der Waals surface area contributed by atoms with Crippen LogP contribution in [0.4, 0.5) is 14.4 Å². The number of hydrogen-bond donors (Lipinski definition) is 5. The number of carboxylic acid groups (broad SMARTS) is 6. The Balaban J connectivity index is -0.0000000492. The Morgan fingerprint density at radius 3 is 0.833 bits per heavy atom. The molecule has 0 aliphatic carbocycles. The van der Waals surface area contributed by atoms with E-state index in [9.17, 15) is 0 Å². The molecular formula is C8H12Fe2O14. The van der Waals surface area contributed by atoms with Crippen molar-refractivity contribution in [2.24, 2.45) is 0 Å². The molecule has 24 heavy (non-hydrogen) atoms. The predicted molar refractivity (Wildman–Crippen MR) is 48.4 cm³/mol. The van der Waals surface area contributed by atoms with Crippen LogP contribution in [-0.4, -0.2) is 75.5 Å². The number of hydrogen-bond acceptors (Lipinski definition) is 14. The van der Waals surface area contributed by atoms with Gasteiger partial charge < -0.3 is 70.6 Å². The number of aliphatic hydroxyl groups excluding tert-OH is 5. The fourth-order valence-corrected chi connectivity index (χ4v) is 0.472. The molecule has 144 valence electrons. The van der Waals surface area contributed by atoms with Crippen molar-refractivity contribution in [2.75, 3.05) is 13.2 Å². The molecule has 0 aliphatic rings. The van der Waals surface area contributed by atoms with E-state index in [1.54, 1.807) is 0 Å². The average molecular weight is 444 g/mol. The molecule has 0 rings (SSSR count). The normalized spacial score (nSPS) is 11.4. The average Bonchev–Trinajstić information content (AvgIpc) is 2.33. The predicted octanol–water partition coefficient (Wildman–Crippen LogP) is -10.3. The van der Waals surface area contributed by atoms with E-state index in [-0.39, 0.29) is 34.1 Å². The SMILES string of the molecule is O=C([O-])[O-].O=C([O-])[O-].O=C([O-])[O-].OC[C@@H](O)[C@H](O)[C@@H](O)CO.[Fe+3].[Fe+3]. The summed E-state index contributed by atoms with van der Waals surface area (Å²) in [5.74, 6) is 0. The molecule has 0 heterocycles. The first-order valence-electron chi connectivity index (χ1n) is 4.73. The summed E-state index contributed by atoms with van der Waals surface area (Å²) in [6.07, 6.45) is -11.3. The van der Waals surface area contributed by atoms with E-state index in [4.69, 9.17) is 70.6 Å². The van der Waals surface area contributed by atoms with Gasteiger partial charge in [-0.1, -0.05) is 0 Å². The topological polar surface area (TPSA) is 291 Å². The first-order valence-corrected chi connectivity index (χ1v) is 4.73. The van der Waals surface area contributed by atoms with Gasteiger partial charge in [-0.3, -0.25) is 0 Å². The van der Waals surface area contributed by atoms with Crippen LogP contribution in [-0.2, 0) is 34.1 Å². The molecule has 0 amide bonds. The molecule has 14 nitrogen and oxygen atoms in total. The van der Waals surface area contributed by atoms with E-state index in [2.05, 4.69) is 0 Å². The summed E-state index contributed by atoms with van der Waals surface area (Å²) in [7, 11) is 0. The van der Waals surface area contributed by atoms with Crippen molar-refractivity contribution in [1.82, 2.24) is 0 Å². The molecule has 0 saturated heterocycles. The van der Waals surface area contributed by atoms with Gasteiger partial charge in [-0.15, -0.1) is 0 Å². The van der Waals surface area contributed by atoms with Gasteiger partial charge in [-0.05, 0) is 18.5 Å². The molecule has 0 unspecified atom stereocenters. The Hall–Kier alpha value is -1.35. The zero-order chi connectivity index (χ0) is 18.9. The smallest absolute Gasteiger partial charge is 0.652 e. The largest absolute Gasteiger partial charge is 3.00 e. The second-order valence-corrected chi connectivity index (χ2v) is 2.74. The molecule has 0 saturated carbocycles. The quantitative estimate of drug-likeness (QED) is 0.252. The van der Waals surface area contributed by atoms with Gasteiger partial charge in [-0.25, -0.2) is 0 Å². The number of rotatable bonds is 4. The zero-order valence-electron chi connectivity index (χ0n) is 11.3. The van der Waals surface area contributed by atoms with Crippen LogP contribution in [0.3, 0.4) is 0 Å². The maximum absolute atomic E-state index is 8.77. The molecule has 0 aliphatic heterocycles. The summed E-state index contributed by atoms with van der Waals surface area (Å²) in [5, 5.41) is 92.6. The van der Waals surface area contributed by atoms with Gasteiger partial charge in [-0.2, -0.15) is 0 Å². The van der Waals surface area contributed by atoms with E-state index in [0.717, 1.165) is 0 Å². The molecule has 0 aromatic heterocycles. The number of carbonyl (C=O) groups excluding carboxylic acids is 3. The van der Waals surface area contributed by atoms with Crippen molar-refractivity contribution in [3.63, 3.8) is 0 Å². The summed E-state index contributed by atoms with van der Waals surface area (Å²) in [6, 6.07) is 0. The monoisotopic (exact) mass is 444 g/mol. The van der Waals surface area contributed by atoms with Crippen molar-refractivity contribution in [1.29, 1.82) is 0 Å². The van der Waals surface area contributed by atoms with Gasteiger partial charge in [0.05, 0.1) is 13.2 Å². The van der Waals surface area contributed by atoms with Crippen LogP contribution in [0, 0.1) is 0 Å². The Morgan fingerprint density at radius 2 is 0.750 bits per heavy atom. The van der Waals surface area contributed by atoms with Crippen molar-refractivity contribution in [2.45, 2.75) is 18.3 Å². The molecule has 3 atom stereocenters. The number of carbonyl (C=O) groups is 3. The van der Waals surface area contributed by atoms with Crippen LogP contribution in [0.5, 0.6) is 0 Å². The molecule has 5 N–H and O–H groups in total. The first-order chi connectivity index (χ1) is 9.83. The minimum Gasteiger partial charge on any atom is -0.652 e. The second kappa shape index (κ2) is 26.5. The fourth-order valence-electron chi connectivity index (χ4n) is 0.472. The van der Waals surface area contributed by atoms with Crippen LogP contribution in [0.2, 0.25) is 0 Å². The van der Waals surface area contributed by atoms with Crippen LogP contribution in [0.25, 0.3) is 0 Å². The molecule has 2 radical (unpaired) electrons. The molecule has 16 heteroatoms. The van der Waals surface area contributed by atoms with E-state index in [1.165, 1.54) is 0 Å². The van der Waals surface area contributed by atoms with Gasteiger partial charge in [0.25, 0.3) is 0 Å². The van der Waals surface area contributed by atoms with Crippen molar-refractivity contribution < 1.29 is 105 Å². The van der Waals surface area contributed by atoms with Crippen LogP contribution >= 0.6 is 0 Å². The molecule has 0 aromatic carbocycles. The third-order valence-electron chi connectivity index (χ3n) is 1.16. The first kappa shape index (κ1) is 38.3. The fraction of sp³-hybridized carbons (Fsp3) is 0.625.